The van der Waals surface area contributed by atoms with Crippen LogP contribution in [0.15, 0.2) is 0 Å². The number of aliphatic hydroxyl groups is 1. The first-order valence-corrected chi connectivity index (χ1v) is 6.53. The zero-order valence-corrected chi connectivity index (χ0v) is 10.4. The van der Waals surface area contributed by atoms with Gasteiger partial charge in [-0.05, 0) is 32.4 Å². The zero-order valence-electron chi connectivity index (χ0n) is 10.4. The number of piperazine rings is 1. The topological polar surface area (TPSA) is 38.7 Å². The monoisotopic (exact) mass is 227 g/mol. The summed E-state index contributed by atoms with van der Waals surface area (Å²) >= 11 is 0. The molecule has 0 spiro atoms. The molecule has 0 aromatic carbocycles. The lowest BCUT2D eigenvalue weighted by atomic mass is 9.82. The van der Waals surface area contributed by atoms with Gasteiger partial charge in [0, 0.05) is 39.3 Å². The van der Waals surface area contributed by atoms with Gasteiger partial charge < -0.3 is 15.3 Å². The van der Waals surface area contributed by atoms with Crippen molar-refractivity contribution in [1.82, 2.24) is 15.1 Å². The van der Waals surface area contributed by atoms with E-state index in [0.717, 1.165) is 31.8 Å². The Kier molecular flexibility index (Phi) is 4.58. The molecule has 4 heteroatoms. The van der Waals surface area contributed by atoms with Crippen molar-refractivity contribution in [3.8, 4) is 0 Å². The minimum absolute atomic E-state index is 0.00979. The van der Waals surface area contributed by atoms with Crippen LogP contribution in [0.2, 0.25) is 0 Å². The van der Waals surface area contributed by atoms with E-state index in [4.69, 9.17) is 5.11 Å². The lowest BCUT2D eigenvalue weighted by molar-refractivity contribution is 0.0427. The maximum atomic E-state index is 9.16. The Labute approximate surface area is 98.6 Å². The van der Waals surface area contributed by atoms with Crippen LogP contribution in [0.5, 0.6) is 0 Å². The summed E-state index contributed by atoms with van der Waals surface area (Å²) in [5.41, 5.74) is 0. The summed E-state index contributed by atoms with van der Waals surface area (Å²) < 4.78 is 0. The largest absolute Gasteiger partial charge is 0.393 e. The first kappa shape index (κ1) is 12.3. The van der Waals surface area contributed by atoms with Gasteiger partial charge in [-0.1, -0.05) is 0 Å². The summed E-state index contributed by atoms with van der Waals surface area (Å²) in [7, 11) is 2.19. The molecular formula is C12H25N3O. The molecule has 1 saturated carbocycles. The van der Waals surface area contributed by atoms with Crippen LogP contribution in [0.1, 0.15) is 12.8 Å². The minimum Gasteiger partial charge on any atom is -0.393 e. The Morgan fingerprint density at radius 2 is 1.88 bits per heavy atom. The smallest absolute Gasteiger partial charge is 0.0546 e. The van der Waals surface area contributed by atoms with E-state index >= 15 is 0 Å². The van der Waals surface area contributed by atoms with Gasteiger partial charge in [0.1, 0.15) is 0 Å². The fourth-order valence-electron chi connectivity index (χ4n) is 2.48. The fraction of sp³-hybridized carbons (Fsp3) is 1.00. The Bertz CT molecular complexity index is 198. The second kappa shape index (κ2) is 5.96. The van der Waals surface area contributed by atoms with Gasteiger partial charge in [0.15, 0.2) is 0 Å². The summed E-state index contributed by atoms with van der Waals surface area (Å²) in [5, 5.41) is 12.7. The Morgan fingerprint density at radius 3 is 2.50 bits per heavy atom. The molecule has 0 aromatic heterocycles. The van der Waals surface area contributed by atoms with E-state index in [2.05, 4.69) is 22.2 Å². The quantitative estimate of drug-likeness (QED) is 0.627. The van der Waals surface area contributed by atoms with Crippen molar-refractivity contribution in [2.45, 2.75) is 18.9 Å². The van der Waals surface area contributed by atoms with Crippen molar-refractivity contribution in [3.63, 3.8) is 0 Å². The molecule has 2 fully saturated rings. The van der Waals surface area contributed by atoms with Gasteiger partial charge in [0.25, 0.3) is 0 Å². The van der Waals surface area contributed by atoms with Crippen molar-refractivity contribution < 1.29 is 5.11 Å². The van der Waals surface area contributed by atoms with E-state index in [-0.39, 0.29) is 6.10 Å². The van der Waals surface area contributed by atoms with Gasteiger partial charge in [-0.15, -0.1) is 0 Å². The van der Waals surface area contributed by atoms with Crippen LogP contribution in [-0.4, -0.2) is 73.9 Å². The van der Waals surface area contributed by atoms with Crippen LogP contribution in [0.25, 0.3) is 0 Å². The number of hydrogen-bond acceptors (Lipinski definition) is 4. The lowest BCUT2D eigenvalue weighted by Crippen LogP contribution is -2.47. The van der Waals surface area contributed by atoms with Crippen molar-refractivity contribution in [2.75, 3.05) is 52.9 Å². The van der Waals surface area contributed by atoms with Crippen LogP contribution in [0.3, 0.4) is 0 Å². The number of aliphatic hydroxyl groups excluding tert-OH is 1. The molecule has 0 bridgehead atoms. The van der Waals surface area contributed by atoms with Gasteiger partial charge in [0.2, 0.25) is 0 Å². The molecule has 0 atom stereocenters. The molecule has 2 N–H and O–H groups in total. The third kappa shape index (κ3) is 3.70. The first-order valence-electron chi connectivity index (χ1n) is 6.53. The number of nitrogens with one attached hydrogen (secondary N) is 1. The summed E-state index contributed by atoms with van der Waals surface area (Å²) in [6.07, 6.45) is 1.99. The summed E-state index contributed by atoms with van der Waals surface area (Å²) in [5.74, 6) is 0.725. The molecule has 0 aromatic rings. The number of rotatable bonds is 5. The molecule has 16 heavy (non-hydrogen) atoms. The average Bonchev–Trinajstić information content (AvgIpc) is 2.24. The van der Waals surface area contributed by atoms with E-state index in [1.807, 2.05) is 0 Å². The standard InChI is InChI=1S/C12H25N3O/c1-14-4-6-15(7-5-14)3-2-13-10-11-8-12(16)9-11/h11-13,16H,2-10H2,1H3. The van der Waals surface area contributed by atoms with Crippen molar-refractivity contribution in [1.29, 1.82) is 0 Å². The Morgan fingerprint density at radius 1 is 1.19 bits per heavy atom. The predicted molar refractivity (Wildman–Crippen MR) is 65.5 cm³/mol. The second-order valence-electron chi connectivity index (χ2n) is 5.34. The summed E-state index contributed by atoms with van der Waals surface area (Å²) in [6, 6.07) is 0. The van der Waals surface area contributed by atoms with Crippen LogP contribution in [0, 0.1) is 5.92 Å². The molecule has 2 aliphatic rings. The van der Waals surface area contributed by atoms with E-state index < -0.39 is 0 Å². The minimum atomic E-state index is -0.00979. The molecule has 1 aliphatic heterocycles. The number of likely N-dealkylation sites (N-methyl/N-ethyl adjacent to an activating group) is 1. The molecule has 94 valence electrons. The molecule has 0 unspecified atom stereocenters. The van der Waals surface area contributed by atoms with E-state index in [0.29, 0.717) is 0 Å². The summed E-state index contributed by atoms with van der Waals surface area (Å²) in [4.78, 5) is 4.92. The highest BCUT2D eigenvalue weighted by atomic mass is 16.3. The van der Waals surface area contributed by atoms with E-state index in [1.165, 1.54) is 32.7 Å². The third-order valence-corrected chi connectivity index (χ3v) is 3.84. The SMILES string of the molecule is CN1CCN(CCNCC2CC(O)C2)CC1. The zero-order chi connectivity index (χ0) is 11.4. The molecule has 4 nitrogen and oxygen atoms in total. The molecule has 1 heterocycles. The molecule has 1 saturated heterocycles. The van der Waals surface area contributed by atoms with Crippen LogP contribution >= 0.6 is 0 Å². The Balaban J connectivity index is 1.45. The van der Waals surface area contributed by atoms with Gasteiger partial charge >= 0.3 is 0 Å². The maximum absolute atomic E-state index is 9.16. The predicted octanol–water partition coefficient (Wildman–Crippen LogP) is -0.406. The molecule has 1 aliphatic carbocycles. The van der Waals surface area contributed by atoms with Crippen LogP contribution in [-0.2, 0) is 0 Å². The van der Waals surface area contributed by atoms with Gasteiger partial charge in [-0.2, -0.15) is 0 Å². The first-order chi connectivity index (χ1) is 7.74. The van der Waals surface area contributed by atoms with Crippen LogP contribution in [0.4, 0.5) is 0 Å². The van der Waals surface area contributed by atoms with Gasteiger partial charge in [-0.25, -0.2) is 0 Å². The highest BCUT2D eigenvalue weighted by Gasteiger charge is 2.26. The molecule has 2 rings (SSSR count). The second-order valence-corrected chi connectivity index (χ2v) is 5.34. The number of nitrogens with zero attached hydrogens (tertiary/aromatic N) is 2. The molecule has 0 radical (unpaired) electrons. The van der Waals surface area contributed by atoms with Gasteiger partial charge in [0.05, 0.1) is 6.10 Å². The van der Waals surface area contributed by atoms with Crippen molar-refractivity contribution in [2.24, 2.45) is 5.92 Å². The highest BCUT2D eigenvalue weighted by molar-refractivity contribution is 4.80. The van der Waals surface area contributed by atoms with Crippen molar-refractivity contribution >= 4 is 0 Å². The molecular weight excluding hydrogens is 202 g/mol. The summed E-state index contributed by atoms with van der Waals surface area (Å²) in [6.45, 7) is 8.18. The van der Waals surface area contributed by atoms with E-state index in [1.54, 1.807) is 0 Å². The third-order valence-electron chi connectivity index (χ3n) is 3.84. The molecule has 0 amide bonds. The van der Waals surface area contributed by atoms with E-state index in [9.17, 15) is 0 Å². The normalized spacial score (nSPS) is 32.6. The fourth-order valence-corrected chi connectivity index (χ4v) is 2.48. The van der Waals surface area contributed by atoms with Gasteiger partial charge in [-0.3, -0.25) is 4.90 Å². The van der Waals surface area contributed by atoms with Crippen LogP contribution < -0.4 is 5.32 Å². The number of hydrogen-bond donors (Lipinski definition) is 2. The highest BCUT2D eigenvalue weighted by Crippen LogP contribution is 2.25. The lowest BCUT2D eigenvalue weighted by Gasteiger charge is -2.33. The van der Waals surface area contributed by atoms with Crippen molar-refractivity contribution in [3.05, 3.63) is 0 Å². The Hall–Kier alpha value is -0.160. The maximum Gasteiger partial charge on any atom is 0.0546 e. The average molecular weight is 227 g/mol.